The number of hydrogen-bond donors (Lipinski definition) is 0. The smallest absolute Gasteiger partial charge is 0.274 e. The zero-order chi connectivity index (χ0) is 13.8. The van der Waals surface area contributed by atoms with Crippen LogP contribution in [-0.2, 0) is 6.61 Å². The Morgan fingerprint density at radius 1 is 1.37 bits per heavy atom. The van der Waals surface area contributed by atoms with E-state index in [-0.39, 0.29) is 11.1 Å². The fourth-order valence-electron chi connectivity index (χ4n) is 1.53. The molecular formula is C13H13BrN2O2S. The van der Waals surface area contributed by atoms with E-state index in [0.29, 0.717) is 17.5 Å². The molecular weight excluding hydrogens is 328 g/mol. The summed E-state index contributed by atoms with van der Waals surface area (Å²) in [6.45, 7) is 4.32. The fourth-order valence-corrected chi connectivity index (χ4v) is 2.49. The predicted molar refractivity (Wildman–Crippen MR) is 78.3 cm³/mol. The summed E-state index contributed by atoms with van der Waals surface area (Å²) in [6.07, 6.45) is 0. The number of alkyl halides is 1. The summed E-state index contributed by atoms with van der Waals surface area (Å²) in [6, 6.07) is 3.95. The number of ketones is 1. The minimum absolute atomic E-state index is 0.0423. The van der Waals surface area contributed by atoms with Gasteiger partial charge >= 0.3 is 0 Å². The number of Topliss-reactive ketones (excluding diaryl/α,β-unsaturated/α-hetero) is 1. The molecule has 19 heavy (non-hydrogen) atoms. The van der Waals surface area contributed by atoms with E-state index in [9.17, 15) is 4.79 Å². The number of ether oxygens (including phenoxy) is 1. The Morgan fingerprint density at radius 2 is 2.16 bits per heavy atom. The van der Waals surface area contributed by atoms with Gasteiger partial charge in [0.15, 0.2) is 5.78 Å². The van der Waals surface area contributed by atoms with Gasteiger partial charge in [-0.2, -0.15) is 4.98 Å². The molecule has 0 aliphatic carbocycles. The van der Waals surface area contributed by atoms with Crippen LogP contribution < -0.4 is 4.74 Å². The largest absolute Gasteiger partial charge is 0.465 e. The Kier molecular flexibility index (Phi) is 4.66. The number of aromatic nitrogens is 2. The van der Waals surface area contributed by atoms with Crippen LogP contribution in [0.5, 0.6) is 5.19 Å². The Balaban J connectivity index is 2.02. The number of carbonyl (C=O) groups is 1. The van der Waals surface area contributed by atoms with Gasteiger partial charge < -0.3 is 4.74 Å². The molecule has 0 saturated heterocycles. The second-order valence-electron chi connectivity index (χ2n) is 4.04. The number of rotatable bonds is 5. The Labute approximate surface area is 124 Å². The molecule has 0 atom stereocenters. The molecule has 0 fully saturated rings. The van der Waals surface area contributed by atoms with Crippen molar-refractivity contribution < 1.29 is 9.53 Å². The van der Waals surface area contributed by atoms with E-state index in [1.54, 1.807) is 5.38 Å². The van der Waals surface area contributed by atoms with Crippen LogP contribution in [0, 0.1) is 13.8 Å². The molecule has 0 bridgehead atoms. The summed E-state index contributed by atoms with van der Waals surface area (Å²) in [5.74, 6) is -0.0423. The van der Waals surface area contributed by atoms with Crippen LogP contribution in [0.3, 0.4) is 0 Å². The summed E-state index contributed by atoms with van der Waals surface area (Å²) < 4.78 is 5.59. The fraction of sp³-hybridized carbons (Fsp3) is 0.308. The van der Waals surface area contributed by atoms with Crippen molar-refractivity contribution in [3.05, 3.63) is 40.2 Å². The van der Waals surface area contributed by atoms with E-state index in [1.165, 1.54) is 11.3 Å². The molecule has 0 unspecified atom stereocenters. The molecule has 0 radical (unpaired) electrons. The first-order valence-electron chi connectivity index (χ1n) is 5.70. The molecule has 2 aromatic rings. The highest BCUT2D eigenvalue weighted by Gasteiger charge is 2.10. The third-order valence-electron chi connectivity index (χ3n) is 2.58. The maximum absolute atomic E-state index is 11.4. The third-order valence-corrected chi connectivity index (χ3v) is 3.84. The van der Waals surface area contributed by atoms with Crippen molar-refractivity contribution in [3.8, 4) is 5.19 Å². The van der Waals surface area contributed by atoms with Gasteiger partial charge in [0.25, 0.3) is 5.19 Å². The van der Waals surface area contributed by atoms with Crippen LogP contribution in [0.4, 0.5) is 0 Å². The first kappa shape index (κ1) is 14.1. The van der Waals surface area contributed by atoms with Crippen LogP contribution in [0.15, 0.2) is 17.5 Å². The van der Waals surface area contributed by atoms with Gasteiger partial charge in [0.2, 0.25) is 0 Å². The van der Waals surface area contributed by atoms with E-state index < -0.39 is 0 Å². The van der Waals surface area contributed by atoms with Crippen LogP contribution >= 0.6 is 27.3 Å². The number of thiazole rings is 1. The third kappa shape index (κ3) is 3.61. The second kappa shape index (κ2) is 6.25. The second-order valence-corrected chi connectivity index (χ2v) is 5.42. The minimum Gasteiger partial charge on any atom is -0.465 e. The lowest BCUT2D eigenvalue weighted by atomic mass is 10.2. The zero-order valence-corrected chi connectivity index (χ0v) is 13.0. The van der Waals surface area contributed by atoms with Crippen molar-refractivity contribution in [2.75, 3.05) is 5.33 Å². The quantitative estimate of drug-likeness (QED) is 0.618. The van der Waals surface area contributed by atoms with Gasteiger partial charge in [-0.3, -0.25) is 9.78 Å². The van der Waals surface area contributed by atoms with Crippen molar-refractivity contribution in [2.45, 2.75) is 20.5 Å². The predicted octanol–water partition coefficient (Wildman–Crippen LogP) is 3.31. The molecule has 0 aliphatic heterocycles. The molecule has 6 heteroatoms. The van der Waals surface area contributed by atoms with Crippen molar-refractivity contribution >= 4 is 33.0 Å². The number of aryl methyl sites for hydroxylation is 2. The van der Waals surface area contributed by atoms with Gasteiger partial charge in [-0.15, -0.1) is 0 Å². The van der Waals surface area contributed by atoms with Crippen LogP contribution in [0.2, 0.25) is 0 Å². The van der Waals surface area contributed by atoms with Gasteiger partial charge in [0.05, 0.1) is 5.33 Å². The average molecular weight is 341 g/mol. The average Bonchev–Trinajstić information content (AvgIpc) is 2.85. The van der Waals surface area contributed by atoms with Gasteiger partial charge in [-0.1, -0.05) is 33.3 Å². The number of pyridine rings is 1. The van der Waals surface area contributed by atoms with E-state index >= 15 is 0 Å². The summed E-state index contributed by atoms with van der Waals surface area (Å²) in [5, 5.41) is 2.49. The Hall–Kier alpha value is -1.27. The highest BCUT2D eigenvalue weighted by atomic mass is 79.9. The van der Waals surface area contributed by atoms with E-state index in [4.69, 9.17) is 4.74 Å². The molecule has 0 aliphatic rings. The Morgan fingerprint density at radius 3 is 2.84 bits per heavy atom. The van der Waals surface area contributed by atoms with Crippen molar-refractivity contribution in [1.82, 2.24) is 9.97 Å². The van der Waals surface area contributed by atoms with Crippen LogP contribution in [0.1, 0.15) is 27.4 Å². The molecule has 0 aromatic carbocycles. The van der Waals surface area contributed by atoms with E-state index in [1.807, 2.05) is 26.0 Å². The van der Waals surface area contributed by atoms with Crippen LogP contribution in [-0.4, -0.2) is 21.1 Å². The lowest BCUT2D eigenvalue weighted by Crippen LogP contribution is -2.02. The highest BCUT2D eigenvalue weighted by Crippen LogP contribution is 2.20. The molecule has 4 nitrogen and oxygen atoms in total. The molecule has 2 aromatic heterocycles. The summed E-state index contributed by atoms with van der Waals surface area (Å²) in [7, 11) is 0. The lowest BCUT2D eigenvalue weighted by Gasteiger charge is -2.06. The minimum atomic E-state index is -0.0423. The summed E-state index contributed by atoms with van der Waals surface area (Å²) in [5.41, 5.74) is 3.40. The highest BCUT2D eigenvalue weighted by molar-refractivity contribution is 9.09. The first-order valence-corrected chi connectivity index (χ1v) is 7.71. The normalized spacial score (nSPS) is 10.5. The zero-order valence-electron chi connectivity index (χ0n) is 10.6. The summed E-state index contributed by atoms with van der Waals surface area (Å²) in [4.78, 5) is 19.9. The first-order chi connectivity index (χ1) is 9.10. The molecule has 0 amide bonds. The Bertz CT molecular complexity index is 598. The number of carbonyl (C=O) groups excluding carboxylic acids is 1. The van der Waals surface area contributed by atoms with Gasteiger partial charge in [-0.25, -0.2) is 0 Å². The maximum atomic E-state index is 11.4. The standard InChI is InChI=1S/C13H13BrN2O2S/c1-8-3-4-10(9(2)15-8)6-18-13-16-11(7-19-13)12(17)5-14/h3-4,7H,5-6H2,1-2H3. The molecule has 0 saturated carbocycles. The lowest BCUT2D eigenvalue weighted by molar-refractivity contribution is 0.101. The molecule has 0 N–H and O–H groups in total. The van der Waals surface area contributed by atoms with Crippen molar-refractivity contribution in [1.29, 1.82) is 0 Å². The van der Waals surface area contributed by atoms with Crippen molar-refractivity contribution in [2.24, 2.45) is 0 Å². The number of halogens is 1. The number of nitrogens with zero attached hydrogens (tertiary/aromatic N) is 2. The topological polar surface area (TPSA) is 52.1 Å². The molecule has 2 heterocycles. The van der Waals surface area contributed by atoms with Gasteiger partial charge in [-0.05, 0) is 19.9 Å². The van der Waals surface area contributed by atoms with Crippen LogP contribution in [0.25, 0.3) is 0 Å². The summed E-state index contributed by atoms with van der Waals surface area (Å²) >= 11 is 4.44. The monoisotopic (exact) mass is 340 g/mol. The molecule has 100 valence electrons. The maximum Gasteiger partial charge on any atom is 0.274 e. The number of hydrogen-bond acceptors (Lipinski definition) is 5. The van der Waals surface area contributed by atoms with Gasteiger partial charge in [0.1, 0.15) is 12.3 Å². The van der Waals surface area contributed by atoms with Gasteiger partial charge in [0, 0.05) is 22.3 Å². The SMILES string of the molecule is Cc1ccc(COc2nc(C(=O)CBr)cs2)c(C)n1. The molecule has 2 rings (SSSR count). The molecule has 0 spiro atoms. The van der Waals surface area contributed by atoms with Crippen molar-refractivity contribution in [3.63, 3.8) is 0 Å². The van der Waals surface area contributed by atoms with E-state index in [0.717, 1.165) is 17.0 Å². The van der Waals surface area contributed by atoms with E-state index in [2.05, 4.69) is 25.9 Å².